The van der Waals surface area contributed by atoms with Crippen molar-refractivity contribution in [3.05, 3.63) is 65.6 Å². The molecule has 0 amide bonds. The second-order valence-electron chi connectivity index (χ2n) is 7.78. The van der Waals surface area contributed by atoms with Crippen LogP contribution in [0.3, 0.4) is 0 Å². The Labute approximate surface area is 157 Å². The van der Waals surface area contributed by atoms with Gasteiger partial charge in [-0.25, -0.2) is 8.78 Å². The third-order valence-corrected chi connectivity index (χ3v) is 5.65. The van der Waals surface area contributed by atoms with Crippen LogP contribution in [-0.4, -0.2) is 29.0 Å². The van der Waals surface area contributed by atoms with Gasteiger partial charge in [0.1, 0.15) is 17.7 Å². The van der Waals surface area contributed by atoms with Gasteiger partial charge in [-0.1, -0.05) is 18.2 Å². The molecule has 142 valence electrons. The number of para-hydroxylation sites is 1. The molecular weight excluding hydrogens is 348 g/mol. The molecule has 0 aliphatic heterocycles. The van der Waals surface area contributed by atoms with Crippen LogP contribution in [-0.2, 0) is 11.8 Å². The summed E-state index contributed by atoms with van der Waals surface area (Å²) in [5, 5.41) is 12.0. The van der Waals surface area contributed by atoms with E-state index in [1.165, 1.54) is 32.2 Å². The van der Waals surface area contributed by atoms with E-state index in [0.29, 0.717) is 24.2 Å². The number of fused-ring (bicyclic) bond motifs is 1. The first-order valence-corrected chi connectivity index (χ1v) is 9.13. The largest absolute Gasteiger partial charge is 0.496 e. The molecule has 3 aromatic rings. The van der Waals surface area contributed by atoms with E-state index in [2.05, 4.69) is 4.98 Å². The van der Waals surface area contributed by atoms with E-state index in [1.807, 2.05) is 30.3 Å². The summed E-state index contributed by atoms with van der Waals surface area (Å²) in [6.07, 6.45) is -0.303. The van der Waals surface area contributed by atoms with Crippen molar-refractivity contribution in [3.63, 3.8) is 0 Å². The SMILES string of the molecule is COc1ccc(F)cc1C1(C(F)C(C)(O)Cc2cc3ccccc3[nH]2)CC1. The molecule has 27 heavy (non-hydrogen) atoms. The minimum atomic E-state index is -1.60. The molecule has 3 nitrogen and oxygen atoms in total. The Bertz CT molecular complexity index is 942. The number of rotatable bonds is 6. The average molecular weight is 371 g/mol. The lowest BCUT2D eigenvalue weighted by atomic mass is 9.79. The molecule has 0 spiro atoms. The van der Waals surface area contributed by atoms with Gasteiger partial charge in [0.05, 0.1) is 12.7 Å². The molecular formula is C22H23F2NO2. The predicted octanol–water partition coefficient (Wildman–Crippen LogP) is 4.68. The van der Waals surface area contributed by atoms with E-state index >= 15 is 4.39 Å². The smallest absolute Gasteiger partial charge is 0.138 e. The highest BCUT2D eigenvalue weighted by Crippen LogP contribution is 2.57. The van der Waals surface area contributed by atoms with Gasteiger partial charge in [0.15, 0.2) is 0 Å². The van der Waals surface area contributed by atoms with E-state index in [-0.39, 0.29) is 6.42 Å². The predicted molar refractivity (Wildman–Crippen MR) is 101 cm³/mol. The topological polar surface area (TPSA) is 45.2 Å². The molecule has 5 heteroatoms. The Hall–Kier alpha value is -2.40. The van der Waals surface area contributed by atoms with Gasteiger partial charge in [0.25, 0.3) is 0 Å². The van der Waals surface area contributed by atoms with Crippen LogP contribution in [0.25, 0.3) is 10.9 Å². The lowest BCUT2D eigenvalue weighted by Gasteiger charge is -2.34. The maximum absolute atomic E-state index is 15.7. The molecule has 4 rings (SSSR count). The third kappa shape index (κ3) is 3.10. The molecule has 2 atom stereocenters. The maximum atomic E-state index is 15.7. The first-order chi connectivity index (χ1) is 12.9. The normalized spacial score (nSPS) is 18.9. The number of alkyl halides is 1. The highest BCUT2D eigenvalue weighted by Gasteiger charge is 2.58. The van der Waals surface area contributed by atoms with Crippen molar-refractivity contribution >= 4 is 10.9 Å². The maximum Gasteiger partial charge on any atom is 0.138 e. The van der Waals surface area contributed by atoms with E-state index < -0.39 is 23.0 Å². The Kier molecular flexibility index (Phi) is 4.22. The van der Waals surface area contributed by atoms with Crippen molar-refractivity contribution in [2.24, 2.45) is 0 Å². The average Bonchev–Trinajstić information content (AvgIpc) is 3.35. The number of benzene rings is 2. The number of aromatic amines is 1. The number of hydrogen-bond acceptors (Lipinski definition) is 2. The molecule has 2 unspecified atom stereocenters. The summed E-state index contributed by atoms with van der Waals surface area (Å²) in [7, 11) is 1.49. The van der Waals surface area contributed by atoms with Crippen LogP contribution in [0.4, 0.5) is 8.78 Å². The van der Waals surface area contributed by atoms with Crippen LogP contribution in [0.5, 0.6) is 5.75 Å². The fraction of sp³-hybridized carbons (Fsp3) is 0.364. The zero-order valence-electron chi connectivity index (χ0n) is 15.4. The molecule has 1 heterocycles. The van der Waals surface area contributed by atoms with Gasteiger partial charge in [0, 0.05) is 28.6 Å². The highest BCUT2D eigenvalue weighted by molar-refractivity contribution is 5.80. The van der Waals surface area contributed by atoms with Crippen molar-refractivity contribution in [3.8, 4) is 5.75 Å². The van der Waals surface area contributed by atoms with Crippen LogP contribution in [0.1, 0.15) is 31.0 Å². The van der Waals surface area contributed by atoms with E-state index in [4.69, 9.17) is 4.74 Å². The number of H-pyrrole nitrogens is 1. The first-order valence-electron chi connectivity index (χ1n) is 9.13. The molecule has 0 bridgehead atoms. The van der Waals surface area contributed by atoms with Gasteiger partial charge in [-0.15, -0.1) is 0 Å². The summed E-state index contributed by atoms with van der Waals surface area (Å²) in [4.78, 5) is 3.24. The van der Waals surface area contributed by atoms with Gasteiger partial charge < -0.3 is 14.8 Å². The van der Waals surface area contributed by atoms with E-state index in [0.717, 1.165) is 16.6 Å². The summed E-state index contributed by atoms with van der Waals surface area (Å²) in [5.41, 5.74) is -0.301. The van der Waals surface area contributed by atoms with Crippen LogP contribution in [0.15, 0.2) is 48.5 Å². The van der Waals surface area contributed by atoms with Crippen molar-refractivity contribution in [1.82, 2.24) is 4.98 Å². The first kappa shape index (κ1) is 18.0. The standard InChI is InChI=1S/C22H23F2NO2/c1-21(26,13-16-11-14-5-3-4-6-18(14)25-16)20(24)22(9-10-22)17-12-15(23)7-8-19(17)27-2/h3-8,11-12,20,25-26H,9-10,13H2,1-2H3. The fourth-order valence-corrected chi connectivity index (χ4v) is 4.16. The summed E-state index contributed by atoms with van der Waals surface area (Å²) in [5.74, 6) is 0.0255. The Morgan fingerprint density at radius 2 is 1.96 bits per heavy atom. The molecule has 1 aliphatic carbocycles. The van der Waals surface area contributed by atoms with E-state index in [1.54, 1.807) is 0 Å². The Balaban J connectivity index is 1.64. The lowest BCUT2D eigenvalue weighted by Crippen LogP contribution is -2.46. The number of aliphatic hydroxyl groups is 1. The summed E-state index contributed by atoms with van der Waals surface area (Å²) in [6.45, 7) is 1.51. The van der Waals surface area contributed by atoms with Crippen molar-refractivity contribution in [2.45, 2.75) is 43.4 Å². The quantitative estimate of drug-likeness (QED) is 0.661. The summed E-state index contributed by atoms with van der Waals surface area (Å²) < 4.78 is 34.8. The Morgan fingerprint density at radius 3 is 2.63 bits per heavy atom. The molecule has 2 aromatic carbocycles. The van der Waals surface area contributed by atoms with Gasteiger partial charge in [-0.2, -0.15) is 0 Å². The molecule has 1 aromatic heterocycles. The molecule has 1 fully saturated rings. The third-order valence-electron chi connectivity index (χ3n) is 5.65. The monoisotopic (exact) mass is 371 g/mol. The minimum absolute atomic E-state index is 0.141. The van der Waals surface area contributed by atoms with Crippen molar-refractivity contribution in [2.75, 3.05) is 7.11 Å². The number of methoxy groups -OCH3 is 1. The minimum Gasteiger partial charge on any atom is -0.496 e. The van der Waals surface area contributed by atoms with Gasteiger partial charge >= 0.3 is 0 Å². The zero-order valence-corrected chi connectivity index (χ0v) is 15.4. The number of halogens is 2. The van der Waals surface area contributed by atoms with Gasteiger partial charge in [-0.05, 0) is 55.5 Å². The highest BCUT2D eigenvalue weighted by atomic mass is 19.1. The summed E-state index contributed by atoms with van der Waals surface area (Å²) in [6, 6.07) is 13.9. The number of ether oxygens (including phenoxy) is 1. The Morgan fingerprint density at radius 1 is 1.22 bits per heavy atom. The van der Waals surface area contributed by atoms with Crippen LogP contribution < -0.4 is 4.74 Å². The summed E-state index contributed by atoms with van der Waals surface area (Å²) >= 11 is 0. The molecule has 0 radical (unpaired) electrons. The molecule has 0 saturated heterocycles. The number of hydrogen-bond donors (Lipinski definition) is 2. The van der Waals surface area contributed by atoms with Crippen LogP contribution in [0.2, 0.25) is 0 Å². The lowest BCUT2D eigenvalue weighted by molar-refractivity contribution is -0.0369. The van der Waals surface area contributed by atoms with Crippen molar-refractivity contribution in [1.29, 1.82) is 0 Å². The molecule has 1 aliphatic rings. The van der Waals surface area contributed by atoms with Gasteiger partial charge in [-0.3, -0.25) is 0 Å². The fourth-order valence-electron chi connectivity index (χ4n) is 4.16. The number of aromatic nitrogens is 1. The molecule has 1 saturated carbocycles. The number of nitrogens with one attached hydrogen (secondary N) is 1. The van der Waals surface area contributed by atoms with Crippen LogP contribution in [0, 0.1) is 5.82 Å². The molecule has 2 N–H and O–H groups in total. The van der Waals surface area contributed by atoms with Crippen molar-refractivity contribution < 1.29 is 18.6 Å². The second kappa shape index (κ2) is 6.34. The van der Waals surface area contributed by atoms with Gasteiger partial charge in [0.2, 0.25) is 0 Å². The van der Waals surface area contributed by atoms with Crippen LogP contribution >= 0.6 is 0 Å². The zero-order chi connectivity index (χ0) is 19.2. The second-order valence-corrected chi connectivity index (χ2v) is 7.78. The van der Waals surface area contributed by atoms with E-state index in [9.17, 15) is 9.50 Å².